The molecule has 13 heavy (non-hydrogen) atoms. The van der Waals surface area contributed by atoms with Gasteiger partial charge in [0.05, 0.1) is 5.92 Å². The van der Waals surface area contributed by atoms with E-state index in [2.05, 4.69) is 6.92 Å². The second-order valence-corrected chi connectivity index (χ2v) is 3.43. The van der Waals surface area contributed by atoms with Gasteiger partial charge in [0.2, 0.25) is 5.91 Å². The van der Waals surface area contributed by atoms with E-state index in [0.717, 1.165) is 19.4 Å². The van der Waals surface area contributed by atoms with E-state index in [9.17, 15) is 4.79 Å². The molecule has 1 unspecified atom stereocenters. The maximum absolute atomic E-state index is 11.6. The van der Waals surface area contributed by atoms with Gasteiger partial charge in [-0.05, 0) is 13.3 Å². The fourth-order valence-electron chi connectivity index (χ4n) is 1.22. The first-order chi connectivity index (χ1) is 6.13. The molecule has 0 bridgehead atoms. The van der Waals surface area contributed by atoms with Crippen LogP contribution in [0.15, 0.2) is 12.2 Å². The number of amides is 1. The Morgan fingerprint density at radius 2 is 2.15 bits per heavy atom. The van der Waals surface area contributed by atoms with Gasteiger partial charge in [-0.15, -0.1) is 0 Å². The average molecular weight is 183 g/mol. The van der Waals surface area contributed by atoms with Gasteiger partial charge in [-0.25, -0.2) is 0 Å². The van der Waals surface area contributed by atoms with Crippen LogP contribution >= 0.6 is 0 Å². The lowest BCUT2D eigenvalue weighted by Crippen LogP contribution is -2.31. The highest BCUT2D eigenvalue weighted by molar-refractivity contribution is 5.79. The molecular formula is C11H21NO. The van der Waals surface area contributed by atoms with Gasteiger partial charge in [0.15, 0.2) is 0 Å². The third-order valence-electron chi connectivity index (χ3n) is 2.09. The molecule has 0 aromatic carbocycles. The molecule has 0 spiro atoms. The van der Waals surface area contributed by atoms with Crippen LogP contribution in [0.5, 0.6) is 0 Å². The maximum Gasteiger partial charge on any atom is 0.228 e. The molecule has 0 radical (unpaired) electrons. The van der Waals surface area contributed by atoms with E-state index >= 15 is 0 Å². The number of rotatable bonds is 5. The Morgan fingerprint density at radius 1 is 1.54 bits per heavy atom. The van der Waals surface area contributed by atoms with Gasteiger partial charge < -0.3 is 4.90 Å². The van der Waals surface area contributed by atoms with Gasteiger partial charge in [-0.2, -0.15) is 0 Å². The number of hydrogen-bond acceptors (Lipinski definition) is 1. The molecule has 0 aliphatic heterocycles. The molecule has 0 saturated heterocycles. The molecule has 0 aromatic heterocycles. The van der Waals surface area contributed by atoms with Crippen LogP contribution in [0.3, 0.4) is 0 Å². The van der Waals surface area contributed by atoms with Crippen molar-refractivity contribution >= 4 is 5.91 Å². The van der Waals surface area contributed by atoms with E-state index < -0.39 is 0 Å². The highest BCUT2D eigenvalue weighted by atomic mass is 16.2. The zero-order chi connectivity index (χ0) is 10.3. The number of unbranched alkanes of at least 4 members (excludes halogenated alkanes) is 1. The van der Waals surface area contributed by atoms with E-state index in [1.54, 1.807) is 0 Å². The van der Waals surface area contributed by atoms with Crippen LogP contribution in [-0.4, -0.2) is 24.4 Å². The van der Waals surface area contributed by atoms with Crippen molar-refractivity contribution in [2.45, 2.75) is 33.6 Å². The lowest BCUT2D eigenvalue weighted by atomic mass is 10.1. The Hall–Kier alpha value is -0.790. The predicted molar refractivity (Wildman–Crippen MR) is 56.5 cm³/mol. The van der Waals surface area contributed by atoms with E-state index in [1.165, 1.54) is 0 Å². The summed E-state index contributed by atoms with van der Waals surface area (Å²) in [6.45, 7) is 6.88. The van der Waals surface area contributed by atoms with Crippen LogP contribution in [0.25, 0.3) is 0 Å². The van der Waals surface area contributed by atoms with Gasteiger partial charge in [0.1, 0.15) is 0 Å². The van der Waals surface area contributed by atoms with E-state index in [1.807, 2.05) is 37.9 Å². The first-order valence-electron chi connectivity index (χ1n) is 5.01. The quantitative estimate of drug-likeness (QED) is 0.599. The van der Waals surface area contributed by atoms with E-state index in [-0.39, 0.29) is 11.8 Å². The lowest BCUT2D eigenvalue weighted by Gasteiger charge is -2.19. The Kier molecular flexibility index (Phi) is 6.29. The van der Waals surface area contributed by atoms with Crippen LogP contribution in [-0.2, 0) is 4.79 Å². The molecule has 2 heteroatoms. The normalized spacial score (nSPS) is 13.2. The molecule has 0 rings (SSSR count). The van der Waals surface area contributed by atoms with Crippen molar-refractivity contribution in [3.63, 3.8) is 0 Å². The monoisotopic (exact) mass is 183 g/mol. The van der Waals surface area contributed by atoms with E-state index in [4.69, 9.17) is 0 Å². The van der Waals surface area contributed by atoms with Crippen LogP contribution in [0.4, 0.5) is 0 Å². The summed E-state index contributed by atoms with van der Waals surface area (Å²) in [4.78, 5) is 13.4. The molecule has 1 amide bonds. The third-order valence-corrected chi connectivity index (χ3v) is 2.09. The van der Waals surface area contributed by atoms with E-state index in [0.29, 0.717) is 0 Å². The molecule has 0 heterocycles. The minimum atomic E-state index is 0.0202. The Bertz CT molecular complexity index is 175. The maximum atomic E-state index is 11.6. The van der Waals surface area contributed by atoms with Gasteiger partial charge in [0, 0.05) is 13.6 Å². The molecular weight excluding hydrogens is 162 g/mol. The van der Waals surface area contributed by atoms with Crippen molar-refractivity contribution in [2.75, 3.05) is 13.6 Å². The number of allylic oxidation sites excluding steroid dienone is 1. The minimum Gasteiger partial charge on any atom is -0.345 e. The average Bonchev–Trinajstić information content (AvgIpc) is 2.13. The number of carbonyl (C=O) groups excluding carboxylic acids is 1. The van der Waals surface area contributed by atoms with Crippen molar-refractivity contribution in [1.29, 1.82) is 0 Å². The first kappa shape index (κ1) is 12.2. The van der Waals surface area contributed by atoms with Crippen molar-refractivity contribution in [2.24, 2.45) is 5.92 Å². The van der Waals surface area contributed by atoms with Crippen LogP contribution in [0.1, 0.15) is 33.6 Å². The molecule has 0 saturated carbocycles. The summed E-state index contributed by atoms with van der Waals surface area (Å²) in [6, 6.07) is 0. The predicted octanol–water partition coefficient (Wildman–Crippen LogP) is 2.46. The first-order valence-corrected chi connectivity index (χ1v) is 5.01. The number of carbonyl (C=O) groups is 1. The molecule has 0 aliphatic carbocycles. The summed E-state index contributed by atoms with van der Waals surface area (Å²) < 4.78 is 0. The molecule has 2 nitrogen and oxygen atoms in total. The highest BCUT2D eigenvalue weighted by Gasteiger charge is 2.13. The molecule has 0 fully saturated rings. The molecule has 0 aliphatic rings. The fourth-order valence-corrected chi connectivity index (χ4v) is 1.22. The molecule has 0 aromatic rings. The molecule has 76 valence electrons. The number of hydrogen-bond donors (Lipinski definition) is 0. The topological polar surface area (TPSA) is 20.3 Å². The van der Waals surface area contributed by atoms with Crippen molar-refractivity contribution in [1.82, 2.24) is 4.90 Å². The van der Waals surface area contributed by atoms with Crippen molar-refractivity contribution < 1.29 is 4.79 Å². The van der Waals surface area contributed by atoms with Gasteiger partial charge in [0.25, 0.3) is 0 Å². The second kappa shape index (κ2) is 6.70. The molecule has 0 N–H and O–H groups in total. The SMILES string of the molecule is C/C=C\C(C)C(=O)N(C)CCCC. The Morgan fingerprint density at radius 3 is 2.62 bits per heavy atom. The second-order valence-electron chi connectivity index (χ2n) is 3.43. The van der Waals surface area contributed by atoms with Gasteiger partial charge in [-0.3, -0.25) is 4.79 Å². The minimum absolute atomic E-state index is 0.0202. The summed E-state index contributed by atoms with van der Waals surface area (Å²) >= 11 is 0. The standard InChI is InChI=1S/C11H21NO/c1-5-7-9-12(4)11(13)10(3)8-6-2/h6,8,10H,5,7,9H2,1-4H3/b8-6-. The Labute approximate surface area is 81.6 Å². The number of nitrogens with zero attached hydrogens (tertiary/aromatic N) is 1. The molecule has 1 atom stereocenters. The van der Waals surface area contributed by atoms with Crippen LogP contribution in [0, 0.1) is 5.92 Å². The summed E-state index contributed by atoms with van der Waals surface area (Å²) in [5.41, 5.74) is 0. The van der Waals surface area contributed by atoms with Gasteiger partial charge >= 0.3 is 0 Å². The third kappa shape index (κ3) is 4.71. The highest BCUT2D eigenvalue weighted by Crippen LogP contribution is 2.03. The largest absolute Gasteiger partial charge is 0.345 e. The lowest BCUT2D eigenvalue weighted by molar-refractivity contribution is -0.132. The summed E-state index contributed by atoms with van der Waals surface area (Å²) in [7, 11) is 1.87. The smallest absolute Gasteiger partial charge is 0.228 e. The van der Waals surface area contributed by atoms with Crippen LogP contribution in [0.2, 0.25) is 0 Å². The fraction of sp³-hybridized carbons (Fsp3) is 0.727. The summed E-state index contributed by atoms with van der Waals surface area (Å²) in [6.07, 6.45) is 6.08. The zero-order valence-corrected chi connectivity index (χ0v) is 9.21. The van der Waals surface area contributed by atoms with Crippen LogP contribution < -0.4 is 0 Å². The van der Waals surface area contributed by atoms with Crippen molar-refractivity contribution in [3.05, 3.63) is 12.2 Å². The van der Waals surface area contributed by atoms with Crippen molar-refractivity contribution in [3.8, 4) is 0 Å². The summed E-state index contributed by atoms with van der Waals surface area (Å²) in [5, 5.41) is 0. The zero-order valence-electron chi connectivity index (χ0n) is 9.21. The van der Waals surface area contributed by atoms with Gasteiger partial charge in [-0.1, -0.05) is 32.4 Å². The summed E-state index contributed by atoms with van der Waals surface area (Å²) in [5.74, 6) is 0.235. The Balaban J connectivity index is 3.93.